The molecule has 0 saturated heterocycles. The normalized spacial score (nSPS) is 14.8. The van der Waals surface area contributed by atoms with Crippen LogP contribution in [0.5, 0.6) is 0 Å². The van der Waals surface area contributed by atoms with Gasteiger partial charge in [-0.2, -0.15) is 0 Å². The Kier molecular flexibility index (Phi) is 4.57. The number of carbonyl (C=O) groups excluding carboxylic acids is 1. The number of aliphatic hydroxyl groups is 1. The minimum atomic E-state index is -1.15. The molecule has 6 nitrogen and oxygen atoms in total. The summed E-state index contributed by atoms with van der Waals surface area (Å²) in [6.07, 6.45) is 1.91. The monoisotopic (exact) mass is 278 g/mol. The molecule has 2 rings (SSSR count). The van der Waals surface area contributed by atoms with Crippen molar-refractivity contribution in [1.82, 2.24) is 5.32 Å². The number of amides is 1. The molecule has 6 heteroatoms. The molecule has 1 aromatic rings. The fourth-order valence-electron chi connectivity index (χ4n) is 2.24. The van der Waals surface area contributed by atoms with E-state index < -0.39 is 17.9 Å². The lowest BCUT2D eigenvalue weighted by molar-refractivity contribution is -0.139. The number of rotatable bonds is 5. The lowest BCUT2D eigenvalue weighted by Gasteiger charge is -2.19. The van der Waals surface area contributed by atoms with Gasteiger partial charge in [-0.25, -0.2) is 4.79 Å². The van der Waals surface area contributed by atoms with E-state index in [-0.39, 0.29) is 13.0 Å². The van der Waals surface area contributed by atoms with E-state index in [1.807, 2.05) is 6.07 Å². The molecule has 0 radical (unpaired) electrons. The van der Waals surface area contributed by atoms with E-state index in [1.54, 1.807) is 12.1 Å². The predicted octanol–water partition coefficient (Wildman–Crippen LogP) is 0.610. The molecule has 108 valence electrons. The van der Waals surface area contributed by atoms with Crippen molar-refractivity contribution in [2.45, 2.75) is 25.3 Å². The van der Waals surface area contributed by atoms with Crippen LogP contribution in [0, 0.1) is 0 Å². The van der Waals surface area contributed by atoms with Crippen molar-refractivity contribution in [3.05, 3.63) is 29.3 Å². The molecule has 1 aliphatic heterocycles. The van der Waals surface area contributed by atoms with Crippen molar-refractivity contribution in [2.24, 2.45) is 0 Å². The Balaban J connectivity index is 2.10. The van der Waals surface area contributed by atoms with Gasteiger partial charge in [-0.3, -0.25) is 4.79 Å². The Hall–Kier alpha value is -2.08. The zero-order valence-corrected chi connectivity index (χ0v) is 11.1. The zero-order valence-electron chi connectivity index (χ0n) is 11.1. The second-order valence-corrected chi connectivity index (χ2v) is 4.78. The summed E-state index contributed by atoms with van der Waals surface area (Å²) in [6.45, 7) is 0.640. The summed E-state index contributed by atoms with van der Waals surface area (Å²) in [7, 11) is 0. The molecule has 0 aromatic heterocycles. The number of hydrogen-bond acceptors (Lipinski definition) is 4. The first-order chi connectivity index (χ1) is 9.61. The lowest BCUT2D eigenvalue weighted by Crippen LogP contribution is -2.41. The van der Waals surface area contributed by atoms with E-state index in [0.29, 0.717) is 5.56 Å². The maximum atomic E-state index is 12.0. The van der Waals surface area contributed by atoms with Gasteiger partial charge in [0, 0.05) is 30.8 Å². The molecule has 0 fully saturated rings. The average Bonchev–Trinajstić information content (AvgIpc) is 2.46. The number of carboxylic acid groups (broad SMARTS) is 1. The first-order valence-electron chi connectivity index (χ1n) is 6.63. The number of benzene rings is 1. The number of aryl methyl sites for hydroxylation is 1. The number of anilines is 1. The molecule has 0 spiro atoms. The number of carbonyl (C=O) groups is 2. The van der Waals surface area contributed by atoms with Gasteiger partial charge in [0.05, 0.1) is 0 Å². The lowest BCUT2D eigenvalue weighted by atomic mass is 10.0. The SMILES string of the molecule is O=C(N[C@@H](CCO)C(=O)O)c1ccc2c(c1)CCCN2. The third kappa shape index (κ3) is 3.27. The molecule has 0 unspecified atom stereocenters. The van der Waals surface area contributed by atoms with Crippen LogP contribution in [0.15, 0.2) is 18.2 Å². The molecule has 1 aliphatic rings. The highest BCUT2D eigenvalue weighted by atomic mass is 16.4. The maximum absolute atomic E-state index is 12.0. The first kappa shape index (κ1) is 14.3. The molecule has 1 atom stereocenters. The number of nitrogens with one attached hydrogen (secondary N) is 2. The maximum Gasteiger partial charge on any atom is 0.326 e. The Bertz CT molecular complexity index is 516. The zero-order chi connectivity index (χ0) is 14.5. The second-order valence-electron chi connectivity index (χ2n) is 4.78. The minimum Gasteiger partial charge on any atom is -0.480 e. The Labute approximate surface area is 116 Å². The minimum absolute atomic E-state index is 0.00638. The van der Waals surface area contributed by atoms with Crippen LogP contribution in [0.1, 0.15) is 28.8 Å². The van der Waals surface area contributed by atoms with E-state index in [2.05, 4.69) is 10.6 Å². The summed E-state index contributed by atoms with van der Waals surface area (Å²) < 4.78 is 0. The highest BCUT2D eigenvalue weighted by Gasteiger charge is 2.20. The number of aliphatic carboxylic acids is 1. The van der Waals surface area contributed by atoms with Crippen molar-refractivity contribution >= 4 is 17.6 Å². The van der Waals surface area contributed by atoms with Crippen LogP contribution in [0.4, 0.5) is 5.69 Å². The number of hydrogen-bond donors (Lipinski definition) is 4. The van der Waals surface area contributed by atoms with Gasteiger partial charge in [0.2, 0.25) is 0 Å². The van der Waals surface area contributed by atoms with Crippen molar-refractivity contribution in [2.75, 3.05) is 18.5 Å². The molecule has 1 amide bonds. The molecular weight excluding hydrogens is 260 g/mol. The first-order valence-corrected chi connectivity index (χ1v) is 6.63. The molecule has 4 N–H and O–H groups in total. The van der Waals surface area contributed by atoms with Crippen LogP contribution in [-0.4, -0.2) is 41.3 Å². The third-order valence-electron chi connectivity index (χ3n) is 3.33. The van der Waals surface area contributed by atoms with Gasteiger partial charge in [-0.1, -0.05) is 0 Å². The van der Waals surface area contributed by atoms with Crippen molar-refractivity contribution < 1.29 is 19.8 Å². The molecule has 0 saturated carbocycles. The van der Waals surface area contributed by atoms with Gasteiger partial charge in [0.1, 0.15) is 6.04 Å². The van der Waals surface area contributed by atoms with Crippen LogP contribution in [0.3, 0.4) is 0 Å². The molecule has 0 aliphatic carbocycles. The Morgan fingerprint density at radius 3 is 2.90 bits per heavy atom. The number of fused-ring (bicyclic) bond motifs is 1. The summed E-state index contributed by atoms with van der Waals surface area (Å²) in [5, 5.41) is 23.4. The Morgan fingerprint density at radius 2 is 2.20 bits per heavy atom. The van der Waals surface area contributed by atoms with Gasteiger partial charge in [-0.15, -0.1) is 0 Å². The van der Waals surface area contributed by atoms with E-state index in [0.717, 1.165) is 30.6 Å². The third-order valence-corrected chi connectivity index (χ3v) is 3.33. The van der Waals surface area contributed by atoms with Gasteiger partial charge >= 0.3 is 5.97 Å². The number of aliphatic hydroxyl groups excluding tert-OH is 1. The topological polar surface area (TPSA) is 98.7 Å². The van der Waals surface area contributed by atoms with Gasteiger partial charge in [-0.05, 0) is 36.6 Å². The second kappa shape index (κ2) is 6.38. The fraction of sp³-hybridized carbons (Fsp3) is 0.429. The quantitative estimate of drug-likeness (QED) is 0.632. The standard InChI is InChI=1S/C14H18N2O4/c17-7-5-12(14(19)20)16-13(18)10-3-4-11-9(8-10)2-1-6-15-11/h3-4,8,12,15,17H,1-2,5-7H2,(H,16,18)(H,19,20)/t12-/m0/s1. The van der Waals surface area contributed by atoms with Gasteiger partial charge in [0.15, 0.2) is 0 Å². The summed E-state index contributed by atoms with van der Waals surface area (Å²) in [5.74, 6) is -1.58. The van der Waals surface area contributed by atoms with Crippen LogP contribution in [0.25, 0.3) is 0 Å². The molecule has 20 heavy (non-hydrogen) atoms. The van der Waals surface area contributed by atoms with Crippen LogP contribution in [0.2, 0.25) is 0 Å². The highest BCUT2D eigenvalue weighted by Crippen LogP contribution is 2.22. The van der Waals surface area contributed by atoms with E-state index in [9.17, 15) is 9.59 Å². The van der Waals surface area contributed by atoms with Crippen LogP contribution < -0.4 is 10.6 Å². The van der Waals surface area contributed by atoms with E-state index >= 15 is 0 Å². The Morgan fingerprint density at radius 1 is 1.40 bits per heavy atom. The van der Waals surface area contributed by atoms with Crippen molar-refractivity contribution in [3.8, 4) is 0 Å². The summed E-state index contributed by atoms with van der Waals surface area (Å²) in [5.41, 5.74) is 2.53. The largest absolute Gasteiger partial charge is 0.480 e. The molecule has 1 aromatic carbocycles. The average molecular weight is 278 g/mol. The van der Waals surface area contributed by atoms with Crippen molar-refractivity contribution in [3.63, 3.8) is 0 Å². The summed E-state index contributed by atoms with van der Waals surface area (Å²) in [4.78, 5) is 23.0. The molecule has 1 heterocycles. The molecule has 0 bridgehead atoms. The predicted molar refractivity (Wildman–Crippen MR) is 73.8 cm³/mol. The van der Waals surface area contributed by atoms with Crippen LogP contribution in [-0.2, 0) is 11.2 Å². The fourth-order valence-corrected chi connectivity index (χ4v) is 2.24. The summed E-state index contributed by atoms with van der Waals surface area (Å²) >= 11 is 0. The van der Waals surface area contributed by atoms with E-state index in [1.165, 1.54) is 0 Å². The highest BCUT2D eigenvalue weighted by molar-refractivity contribution is 5.97. The number of carboxylic acids is 1. The smallest absolute Gasteiger partial charge is 0.326 e. The van der Waals surface area contributed by atoms with E-state index in [4.69, 9.17) is 10.2 Å². The van der Waals surface area contributed by atoms with Gasteiger partial charge in [0.25, 0.3) is 5.91 Å². The van der Waals surface area contributed by atoms with Crippen LogP contribution >= 0.6 is 0 Å². The van der Waals surface area contributed by atoms with Crippen molar-refractivity contribution in [1.29, 1.82) is 0 Å². The molecular formula is C14H18N2O4. The van der Waals surface area contributed by atoms with Gasteiger partial charge < -0.3 is 20.8 Å². The summed E-state index contributed by atoms with van der Waals surface area (Å²) in [6, 6.07) is 4.23.